The Bertz CT molecular complexity index is 392. The van der Waals surface area contributed by atoms with Gasteiger partial charge in [-0.15, -0.1) is 0 Å². The molecule has 1 aromatic rings. The highest BCUT2D eigenvalue weighted by Gasteiger charge is 2.18. The van der Waals surface area contributed by atoms with Crippen LogP contribution >= 0.6 is 0 Å². The molecular formula is C14H18O2. The van der Waals surface area contributed by atoms with Gasteiger partial charge in [0.2, 0.25) is 0 Å². The van der Waals surface area contributed by atoms with Crippen LogP contribution < -0.4 is 4.74 Å². The Labute approximate surface area is 96.6 Å². The van der Waals surface area contributed by atoms with Crippen LogP contribution in [0, 0.1) is 0 Å². The number of benzene rings is 1. The lowest BCUT2D eigenvalue weighted by Crippen LogP contribution is -2.16. The van der Waals surface area contributed by atoms with Crippen molar-refractivity contribution in [2.75, 3.05) is 0 Å². The molecule has 1 aromatic carbocycles. The van der Waals surface area contributed by atoms with Gasteiger partial charge in [0.25, 0.3) is 0 Å². The number of hydrogen-bond donors (Lipinski definition) is 0. The Morgan fingerprint density at radius 1 is 1.25 bits per heavy atom. The summed E-state index contributed by atoms with van der Waals surface area (Å²) in [6.07, 6.45) is 3.58. The highest BCUT2D eigenvalue weighted by molar-refractivity contribution is 5.75. The van der Waals surface area contributed by atoms with Crippen molar-refractivity contribution < 1.29 is 9.53 Å². The van der Waals surface area contributed by atoms with Crippen LogP contribution in [0.25, 0.3) is 0 Å². The summed E-state index contributed by atoms with van der Waals surface area (Å²) in [4.78, 5) is 11.2. The zero-order valence-electron chi connectivity index (χ0n) is 9.95. The molecule has 1 heterocycles. The normalized spacial score (nSPS) is 14.8. The standard InChI is InChI=1S/C14H18O2/c1-3-10(4-2)12-6-5-11-7-8-14(15)16-13(11)9-12/h5-6,9-10H,3-4,7-8H2,1-2H3. The van der Waals surface area contributed by atoms with Crippen LogP contribution in [0.15, 0.2) is 18.2 Å². The third kappa shape index (κ3) is 2.11. The molecule has 0 fully saturated rings. The molecule has 0 N–H and O–H groups in total. The van der Waals surface area contributed by atoms with E-state index in [0.717, 1.165) is 30.6 Å². The Morgan fingerprint density at radius 3 is 2.69 bits per heavy atom. The second kappa shape index (κ2) is 4.69. The minimum absolute atomic E-state index is 0.103. The van der Waals surface area contributed by atoms with E-state index in [2.05, 4.69) is 26.0 Å². The third-order valence-electron chi connectivity index (χ3n) is 3.37. The molecule has 2 heteroatoms. The van der Waals surface area contributed by atoms with Crippen molar-refractivity contribution >= 4 is 5.97 Å². The smallest absolute Gasteiger partial charge is 0.311 e. The molecule has 0 saturated heterocycles. The molecule has 86 valence electrons. The maximum atomic E-state index is 11.2. The van der Waals surface area contributed by atoms with Gasteiger partial charge < -0.3 is 4.74 Å². The molecule has 0 atom stereocenters. The van der Waals surface area contributed by atoms with E-state index in [9.17, 15) is 4.79 Å². The topological polar surface area (TPSA) is 26.3 Å². The van der Waals surface area contributed by atoms with Gasteiger partial charge in [-0.25, -0.2) is 0 Å². The SMILES string of the molecule is CCC(CC)c1ccc2c(c1)OC(=O)CC2. The van der Waals surface area contributed by atoms with Crippen molar-refractivity contribution in [2.24, 2.45) is 0 Å². The van der Waals surface area contributed by atoms with Crippen molar-refractivity contribution in [1.82, 2.24) is 0 Å². The molecule has 2 rings (SSSR count). The van der Waals surface area contributed by atoms with Crippen LogP contribution in [0.4, 0.5) is 0 Å². The summed E-state index contributed by atoms with van der Waals surface area (Å²) in [6.45, 7) is 4.39. The number of esters is 1. The molecule has 0 amide bonds. The van der Waals surface area contributed by atoms with Gasteiger partial charge in [0.05, 0.1) is 6.42 Å². The first-order valence-corrected chi connectivity index (χ1v) is 6.08. The minimum atomic E-state index is -0.103. The first kappa shape index (κ1) is 11.2. The fourth-order valence-electron chi connectivity index (χ4n) is 2.30. The second-order valence-electron chi connectivity index (χ2n) is 4.35. The fourth-order valence-corrected chi connectivity index (χ4v) is 2.30. The Kier molecular flexibility index (Phi) is 3.28. The number of ether oxygens (including phenoxy) is 1. The number of fused-ring (bicyclic) bond motifs is 1. The Morgan fingerprint density at radius 2 is 2.00 bits per heavy atom. The predicted octanol–water partition coefficient (Wildman–Crippen LogP) is 3.44. The van der Waals surface area contributed by atoms with Crippen LogP contribution in [0.2, 0.25) is 0 Å². The largest absolute Gasteiger partial charge is 0.426 e. The average Bonchev–Trinajstić information content (AvgIpc) is 2.30. The van der Waals surface area contributed by atoms with Gasteiger partial charge in [-0.05, 0) is 42.4 Å². The molecule has 1 aliphatic rings. The lowest BCUT2D eigenvalue weighted by molar-refractivity contribution is -0.135. The van der Waals surface area contributed by atoms with Crippen molar-refractivity contribution in [1.29, 1.82) is 0 Å². The fraction of sp³-hybridized carbons (Fsp3) is 0.500. The molecular weight excluding hydrogens is 200 g/mol. The molecule has 2 nitrogen and oxygen atoms in total. The molecule has 0 aliphatic carbocycles. The maximum absolute atomic E-state index is 11.2. The molecule has 0 spiro atoms. The summed E-state index contributed by atoms with van der Waals surface area (Å²) < 4.78 is 5.27. The second-order valence-corrected chi connectivity index (χ2v) is 4.35. The number of rotatable bonds is 3. The van der Waals surface area contributed by atoms with Crippen LogP contribution in [-0.2, 0) is 11.2 Å². The zero-order valence-corrected chi connectivity index (χ0v) is 9.95. The highest BCUT2D eigenvalue weighted by Crippen LogP contribution is 2.31. The predicted molar refractivity (Wildman–Crippen MR) is 63.7 cm³/mol. The number of carbonyl (C=O) groups is 1. The van der Waals surface area contributed by atoms with Crippen molar-refractivity contribution in [3.05, 3.63) is 29.3 Å². The summed E-state index contributed by atoms with van der Waals surface area (Å²) in [5, 5.41) is 0. The van der Waals surface area contributed by atoms with Crippen LogP contribution in [0.1, 0.15) is 50.2 Å². The van der Waals surface area contributed by atoms with E-state index in [1.54, 1.807) is 0 Å². The van der Waals surface area contributed by atoms with Crippen molar-refractivity contribution in [3.8, 4) is 5.75 Å². The number of hydrogen-bond acceptors (Lipinski definition) is 2. The van der Waals surface area contributed by atoms with Crippen molar-refractivity contribution in [3.63, 3.8) is 0 Å². The highest BCUT2D eigenvalue weighted by atomic mass is 16.5. The molecule has 1 aliphatic heterocycles. The average molecular weight is 218 g/mol. The summed E-state index contributed by atoms with van der Waals surface area (Å²) in [5.41, 5.74) is 2.45. The molecule has 16 heavy (non-hydrogen) atoms. The molecule has 0 saturated carbocycles. The van der Waals surface area contributed by atoms with E-state index < -0.39 is 0 Å². The van der Waals surface area contributed by atoms with Gasteiger partial charge >= 0.3 is 5.97 Å². The van der Waals surface area contributed by atoms with Gasteiger partial charge in [0.1, 0.15) is 5.75 Å². The van der Waals surface area contributed by atoms with Gasteiger partial charge in [-0.3, -0.25) is 4.79 Å². The quantitative estimate of drug-likeness (QED) is 0.574. The van der Waals surface area contributed by atoms with E-state index in [0.29, 0.717) is 12.3 Å². The van der Waals surface area contributed by atoms with E-state index >= 15 is 0 Å². The summed E-state index contributed by atoms with van der Waals surface area (Å²) in [5.74, 6) is 1.25. The monoisotopic (exact) mass is 218 g/mol. The van der Waals surface area contributed by atoms with Crippen molar-refractivity contribution in [2.45, 2.75) is 45.4 Å². The molecule has 0 aromatic heterocycles. The van der Waals surface area contributed by atoms with Gasteiger partial charge in [0, 0.05) is 0 Å². The van der Waals surface area contributed by atoms with E-state index in [1.807, 2.05) is 6.07 Å². The van der Waals surface area contributed by atoms with Gasteiger partial charge in [-0.2, -0.15) is 0 Å². The minimum Gasteiger partial charge on any atom is -0.426 e. The van der Waals surface area contributed by atoms with E-state index in [1.165, 1.54) is 5.56 Å². The first-order chi connectivity index (χ1) is 7.74. The molecule has 0 bridgehead atoms. The number of aryl methyl sites for hydroxylation is 1. The van der Waals surface area contributed by atoms with Gasteiger partial charge in [0.15, 0.2) is 0 Å². The summed E-state index contributed by atoms with van der Waals surface area (Å²) in [6, 6.07) is 6.33. The summed E-state index contributed by atoms with van der Waals surface area (Å²) >= 11 is 0. The lowest BCUT2D eigenvalue weighted by Gasteiger charge is -2.19. The van der Waals surface area contributed by atoms with E-state index in [-0.39, 0.29) is 5.97 Å². The Hall–Kier alpha value is -1.31. The molecule has 0 radical (unpaired) electrons. The first-order valence-electron chi connectivity index (χ1n) is 6.08. The van der Waals surface area contributed by atoms with Gasteiger partial charge in [-0.1, -0.05) is 26.0 Å². The van der Waals surface area contributed by atoms with Crippen LogP contribution in [0.5, 0.6) is 5.75 Å². The maximum Gasteiger partial charge on any atom is 0.311 e. The van der Waals surface area contributed by atoms with E-state index in [4.69, 9.17) is 4.74 Å². The van der Waals surface area contributed by atoms with Crippen LogP contribution in [-0.4, -0.2) is 5.97 Å². The third-order valence-corrected chi connectivity index (χ3v) is 3.37. The Balaban J connectivity index is 2.30. The number of carbonyl (C=O) groups excluding carboxylic acids is 1. The van der Waals surface area contributed by atoms with Crippen LogP contribution in [0.3, 0.4) is 0 Å². The lowest BCUT2D eigenvalue weighted by atomic mass is 9.92. The zero-order chi connectivity index (χ0) is 11.5. The summed E-state index contributed by atoms with van der Waals surface area (Å²) in [7, 11) is 0. The molecule has 0 unspecified atom stereocenters.